The van der Waals surface area contributed by atoms with Crippen molar-refractivity contribution in [3.8, 4) is 0 Å². The number of hydrogen-bond donors (Lipinski definition) is 2. The van der Waals surface area contributed by atoms with Crippen LogP contribution in [0.4, 0.5) is 5.69 Å². The number of anilines is 1. The van der Waals surface area contributed by atoms with Crippen LogP contribution < -0.4 is 15.5 Å². The minimum absolute atomic E-state index is 0.000247. The average Bonchev–Trinajstić information content (AvgIpc) is 3.16. The third-order valence-electron chi connectivity index (χ3n) is 4.44. The quantitative estimate of drug-likeness (QED) is 0.398. The Morgan fingerprint density at radius 1 is 1.28 bits per heavy atom. The molecule has 0 unspecified atom stereocenters. The number of carbonyl (C=O) groups excluding carboxylic acids is 2. The van der Waals surface area contributed by atoms with Crippen molar-refractivity contribution in [3.05, 3.63) is 42.5 Å². The number of aryl methyl sites for hydroxylation is 1. The van der Waals surface area contributed by atoms with Crippen LogP contribution in [0.3, 0.4) is 0 Å². The summed E-state index contributed by atoms with van der Waals surface area (Å²) in [6.07, 6.45) is 6.67. The lowest BCUT2D eigenvalue weighted by atomic mass is 10.3. The largest absolute Gasteiger partial charge is 0.357 e. The maximum Gasteiger partial charge on any atom is 0.252 e. The molecule has 10 nitrogen and oxygen atoms in total. The number of hydrogen-bond acceptors (Lipinski definition) is 5. The van der Waals surface area contributed by atoms with E-state index in [1.54, 1.807) is 34.1 Å². The van der Waals surface area contributed by atoms with Crippen LogP contribution in [0.2, 0.25) is 0 Å². The summed E-state index contributed by atoms with van der Waals surface area (Å²) in [6.45, 7) is 4.94. The molecule has 0 aliphatic carbocycles. The Morgan fingerprint density at radius 3 is 2.79 bits per heavy atom. The molecule has 0 spiro atoms. The van der Waals surface area contributed by atoms with E-state index in [0.717, 1.165) is 5.69 Å². The van der Waals surface area contributed by atoms with Crippen LogP contribution in [-0.4, -0.2) is 76.7 Å². The van der Waals surface area contributed by atoms with Gasteiger partial charge in [0.25, 0.3) is 5.91 Å². The highest BCUT2D eigenvalue weighted by atomic mass is 16.2. The van der Waals surface area contributed by atoms with Gasteiger partial charge in [-0.25, -0.2) is 0 Å². The van der Waals surface area contributed by atoms with E-state index in [-0.39, 0.29) is 18.4 Å². The van der Waals surface area contributed by atoms with E-state index in [2.05, 4.69) is 25.7 Å². The predicted octanol–water partition coefficient (Wildman–Crippen LogP) is -0.141. The van der Waals surface area contributed by atoms with Gasteiger partial charge in [0, 0.05) is 51.8 Å². The molecule has 0 atom stereocenters. The molecule has 1 aliphatic heterocycles. The van der Waals surface area contributed by atoms with Gasteiger partial charge >= 0.3 is 0 Å². The van der Waals surface area contributed by atoms with Crippen molar-refractivity contribution >= 4 is 23.5 Å². The van der Waals surface area contributed by atoms with Crippen molar-refractivity contribution in [2.45, 2.75) is 6.92 Å². The fourth-order valence-corrected chi connectivity index (χ4v) is 3.03. The molecule has 2 amide bonds. The number of aromatic nitrogens is 3. The minimum Gasteiger partial charge on any atom is -0.357 e. The summed E-state index contributed by atoms with van der Waals surface area (Å²) in [6, 6.07) is 3.43. The van der Waals surface area contributed by atoms with Gasteiger partial charge in [-0.2, -0.15) is 5.10 Å². The highest BCUT2D eigenvalue weighted by Crippen LogP contribution is 2.16. The van der Waals surface area contributed by atoms with Crippen LogP contribution >= 0.6 is 0 Å². The normalized spacial score (nSPS) is 14.8. The number of guanidine groups is 1. The lowest BCUT2D eigenvalue weighted by molar-refractivity contribution is -0.120. The SMILES string of the molecule is CCNC(=NCCNC(=O)c1cccnc1)N1CCN(c2cnn(C)c2)C(=O)C1. The molecule has 1 aliphatic rings. The van der Waals surface area contributed by atoms with E-state index >= 15 is 0 Å². The van der Waals surface area contributed by atoms with Crippen molar-refractivity contribution in [3.63, 3.8) is 0 Å². The van der Waals surface area contributed by atoms with Crippen molar-refractivity contribution < 1.29 is 9.59 Å². The summed E-state index contributed by atoms with van der Waals surface area (Å²) in [7, 11) is 1.83. The molecule has 1 saturated heterocycles. The van der Waals surface area contributed by atoms with Gasteiger partial charge in [-0.3, -0.25) is 24.2 Å². The van der Waals surface area contributed by atoms with Crippen LogP contribution in [0.15, 0.2) is 41.9 Å². The van der Waals surface area contributed by atoms with Gasteiger partial charge in [0.1, 0.15) is 6.54 Å². The highest BCUT2D eigenvalue weighted by molar-refractivity contribution is 5.98. The summed E-state index contributed by atoms with van der Waals surface area (Å²) in [5, 5.41) is 10.2. The first-order chi connectivity index (χ1) is 14.1. The topological polar surface area (TPSA) is 108 Å². The molecule has 3 heterocycles. The van der Waals surface area contributed by atoms with Crippen molar-refractivity contribution in [2.24, 2.45) is 12.0 Å². The first-order valence-electron chi connectivity index (χ1n) is 9.59. The summed E-state index contributed by atoms with van der Waals surface area (Å²) < 4.78 is 1.68. The van der Waals surface area contributed by atoms with Crippen LogP contribution in [0.5, 0.6) is 0 Å². The van der Waals surface area contributed by atoms with Gasteiger partial charge in [0.15, 0.2) is 5.96 Å². The smallest absolute Gasteiger partial charge is 0.252 e. The zero-order chi connectivity index (χ0) is 20.6. The van der Waals surface area contributed by atoms with Gasteiger partial charge in [-0.1, -0.05) is 0 Å². The first-order valence-corrected chi connectivity index (χ1v) is 9.59. The zero-order valence-electron chi connectivity index (χ0n) is 16.7. The van der Waals surface area contributed by atoms with Crippen molar-refractivity contribution in [2.75, 3.05) is 44.2 Å². The number of carbonyl (C=O) groups is 2. The fraction of sp³-hybridized carbons (Fsp3) is 0.421. The number of aliphatic imine (C=N–C) groups is 1. The Labute approximate surface area is 169 Å². The summed E-state index contributed by atoms with van der Waals surface area (Å²) in [4.78, 5) is 36.8. The Balaban J connectivity index is 1.54. The molecule has 0 bridgehead atoms. The maximum absolute atomic E-state index is 12.6. The van der Waals surface area contributed by atoms with Gasteiger partial charge in [-0.05, 0) is 19.1 Å². The summed E-state index contributed by atoms with van der Waals surface area (Å²) >= 11 is 0. The van der Waals surface area contributed by atoms with E-state index in [1.807, 2.05) is 25.1 Å². The molecule has 2 aromatic rings. The molecular formula is C19H26N8O2. The summed E-state index contributed by atoms with van der Waals surface area (Å²) in [5.41, 5.74) is 1.32. The second-order valence-corrected chi connectivity index (χ2v) is 6.57. The molecule has 0 aromatic carbocycles. The molecule has 3 rings (SSSR count). The number of nitrogens with zero attached hydrogens (tertiary/aromatic N) is 6. The average molecular weight is 398 g/mol. The van der Waals surface area contributed by atoms with Crippen molar-refractivity contribution in [1.29, 1.82) is 0 Å². The van der Waals surface area contributed by atoms with Crippen LogP contribution in [-0.2, 0) is 11.8 Å². The number of nitrogens with one attached hydrogen (secondary N) is 2. The number of pyridine rings is 1. The van der Waals surface area contributed by atoms with Crippen LogP contribution in [0.1, 0.15) is 17.3 Å². The lowest BCUT2D eigenvalue weighted by Gasteiger charge is -2.35. The van der Waals surface area contributed by atoms with Gasteiger partial charge in [-0.15, -0.1) is 0 Å². The molecule has 1 fully saturated rings. The third kappa shape index (κ3) is 5.31. The number of piperazine rings is 1. The molecule has 10 heteroatoms. The molecule has 2 N–H and O–H groups in total. The fourth-order valence-electron chi connectivity index (χ4n) is 3.03. The Bertz CT molecular complexity index is 864. The first kappa shape index (κ1) is 20.3. The minimum atomic E-state index is -0.182. The van der Waals surface area contributed by atoms with E-state index in [1.165, 1.54) is 6.20 Å². The second-order valence-electron chi connectivity index (χ2n) is 6.57. The molecule has 0 radical (unpaired) electrons. The maximum atomic E-state index is 12.6. The zero-order valence-corrected chi connectivity index (χ0v) is 16.7. The van der Waals surface area contributed by atoms with E-state index in [0.29, 0.717) is 44.2 Å². The van der Waals surface area contributed by atoms with E-state index in [9.17, 15) is 9.59 Å². The van der Waals surface area contributed by atoms with E-state index in [4.69, 9.17) is 0 Å². The second kappa shape index (κ2) is 9.67. The number of amides is 2. The van der Waals surface area contributed by atoms with Gasteiger partial charge < -0.3 is 20.4 Å². The summed E-state index contributed by atoms with van der Waals surface area (Å²) in [5.74, 6) is 0.487. The Morgan fingerprint density at radius 2 is 2.14 bits per heavy atom. The van der Waals surface area contributed by atoms with Crippen LogP contribution in [0.25, 0.3) is 0 Å². The monoisotopic (exact) mass is 398 g/mol. The Hall–Kier alpha value is -3.43. The van der Waals surface area contributed by atoms with Crippen molar-refractivity contribution in [1.82, 2.24) is 30.3 Å². The van der Waals surface area contributed by atoms with E-state index < -0.39 is 0 Å². The molecular weight excluding hydrogens is 372 g/mol. The molecule has 29 heavy (non-hydrogen) atoms. The lowest BCUT2D eigenvalue weighted by Crippen LogP contribution is -2.55. The highest BCUT2D eigenvalue weighted by Gasteiger charge is 2.27. The Kier molecular flexibility index (Phi) is 6.77. The standard InChI is InChI=1S/C19H26N8O2/c1-3-21-19(23-8-7-22-18(29)15-5-4-6-20-11-15)26-9-10-27(17(28)14-26)16-12-24-25(2)13-16/h4-6,11-13H,3,7-10,14H2,1-2H3,(H,21,23)(H,22,29). The molecule has 2 aromatic heterocycles. The molecule has 154 valence electrons. The van der Waals surface area contributed by atoms with Gasteiger partial charge in [0.2, 0.25) is 5.91 Å². The molecule has 0 saturated carbocycles. The van der Waals surface area contributed by atoms with Gasteiger partial charge in [0.05, 0.1) is 24.0 Å². The third-order valence-corrected chi connectivity index (χ3v) is 4.44. The number of rotatable bonds is 6. The van der Waals surface area contributed by atoms with Crippen LogP contribution in [0, 0.1) is 0 Å². The predicted molar refractivity (Wildman–Crippen MR) is 110 cm³/mol.